The molecule has 2 aliphatic heterocycles. The molecule has 2 aliphatic rings. The van der Waals surface area contributed by atoms with Crippen LogP contribution in [0.3, 0.4) is 0 Å². The van der Waals surface area contributed by atoms with Crippen molar-refractivity contribution in [3.63, 3.8) is 0 Å². The van der Waals surface area contributed by atoms with Crippen molar-refractivity contribution in [2.75, 3.05) is 25.1 Å². The first-order chi connectivity index (χ1) is 38.1. The Hall–Kier alpha value is -6.93. The van der Waals surface area contributed by atoms with Crippen LogP contribution in [0.4, 0.5) is 5.69 Å². The lowest BCUT2D eigenvalue weighted by molar-refractivity contribution is -0.144. The second kappa shape index (κ2) is 25.2. The van der Waals surface area contributed by atoms with Gasteiger partial charge in [-0.25, -0.2) is 15.0 Å². The van der Waals surface area contributed by atoms with E-state index in [9.17, 15) is 33.9 Å². The number of aliphatic hydroxyl groups excluding tert-OH is 1. The SMILES string of the molecule is COc1ncc(C(=O)NCCCCCCCCC(=O)N[C@H](C(=O)N2C[C@H](O)C[C@H]2C(=O)N[C@@H](C)c2ccc(-c3scnc3C)cc2)C(C)(C)C)cc1-c1nc2c(n1C(C)C)[C@H](c1ccc(Cl)cc1)N(c1cc(Cl)cn(C)c1=O)C2=O. The topological polar surface area (TPSA) is 223 Å². The van der Waals surface area contributed by atoms with E-state index in [2.05, 4.69) is 25.9 Å². The van der Waals surface area contributed by atoms with Crippen LogP contribution in [0.2, 0.25) is 10.0 Å². The Labute approximate surface area is 480 Å². The van der Waals surface area contributed by atoms with Gasteiger partial charge in [0.1, 0.15) is 29.6 Å². The molecule has 5 amide bonds. The Bertz CT molecular complexity index is 3320. The number of amides is 5. The number of benzene rings is 2. The Kier molecular flexibility index (Phi) is 18.7. The van der Waals surface area contributed by atoms with E-state index in [1.165, 1.54) is 39.9 Å². The second-order valence-electron chi connectivity index (χ2n) is 22.0. The summed E-state index contributed by atoms with van der Waals surface area (Å²) >= 11 is 14.3. The molecule has 424 valence electrons. The number of carbonyl (C=O) groups is 5. The minimum Gasteiger partial charge on any atom is -0.480 e. The fourth-order valence-electron chi connectivity index (χ4n) is 10.5. The normalized spacial score (nSPS) is 16.9. The van der Waals surface area contributed by atoms with Crippen molar-refractivity contribution >= 4 is 69.8 Å². The van der Waals surface area contributed by atoms with Gasteiger partial charge in [0.25, 0.3) is 17.4 Å². The average molecular weight is 1150 g/mol. The van der Waals surface area contributed by atoms with Gasteiger partial charge in [-0.1, -0.05) is 106 Å². The van der Waals surface area contributed by atoms with Crippen molar-refractivity contribution in [3.8, 4) is 27.7 Å². The number of aliphatic hydroxyl groups is 1. The number of aryl methyl sites for hydroxylation is 2. The summed E-state index contributed by atoms with van der Waals surface area (Å²) in [5.41, 5.74) is 5.72. The van der Waals surface area contributed by atoms with Crippen LogP contribution in [0, 0.1) is 12.3 Å². The average Bonchev–Trinajstić information content (AvgIpc) is 4.33. The van der Waals surface area contributed by atoms with Crippen LogP contribution in [0.25, 0.3) is 21.8 Å². The zero-order valence-corrected chi connectivity index (χ0v) is 49.0. The lowest BCUT2D eigenvalue weighted by Crippen LogP contribution is -2.57. The van der Waals surface area contributed by atoms with Crippen molar-refractivity contribution in [1.29, 1.82) is 0 Å². The highest BCUT2D eigenvalue weighted by molar-refractivity contribution is 7.13. The first-order valence-electron chi connectivity index (χ1n) is 27.1. The van der Waals surface area contributed by atoms with Crippen molar-refractivity contribution in [2.24, 2.45) is 12.5 Å². The second-order valence-corrected chi connectivity index (χ2v) is 23.7. The quantitative estimate of drug-likeness (QED) is 0.0497. The molecule has 21 heteroatoms. The number of halogens is 2. The summed E-state index contributed by atoms with van der Waals surface area (Å²) in [6.07, 6.45) is 7.06. The zero-order valence-electron chi connectivity index (χ0n) is 46.6. The number of hydrogen-bond donors (Lipinski definition) is 4. The molecule has 4 aromatic heterocycles. The smallest absolute Gasteiger partial charge is 0.279 e. The maximum Gasteiger partial charge on any atom is 0.279 e. The molecule has 1 saturated heterocycles. The van der Waals surface area contributed by atoms with Crippen LogP contribution in [0.15, 0.2) is 83.4 Å². The molecule has 0 saturated carbocycles. The molecular formula is C59H70Cl2N10O8S. The van der Waals surface area contributed by atoms with Crippen molar-refractivity contribution < 1.29 is 33.8 Å². The number of hydrogen-bond acceptors (Lipinski definition) is 12. The number of nitrogens with zero attached hydrogens (tertiary/aromatic N) is 7. The Morgan fingerprint density at radius 3 is 2.24 bits per heavy atom. The number of imidazole rings is 1. The maximum atomic E-state index is 14.6. The van der Waals surface area contributed by atoms with Gasteiger partial charge in [-0.15, -0.1) is 11.3 Å². The fourth-order valence-corrected chi connectivity index (χ4v) is 11.7. The number of likely N-dealkylation sites (tertiary alicyclic amines) is 1. The molecule has 6 aromatic rings. The Morgan fingerprint density at radius 1 is 0.900 bits per heavy atom. The number of nitrogens with one attached hydrogen (secondary N) is 3. The number of rotatable bonds is 21. The first kappa shape index (κ1) is 59.2. The Balaban J connectivity index is 0.822. The van der Waals surface area contributed by atoms with Crippen LogP contribution in [-0.2, 0) is 21.4 Å². The van der Waals surface area contributed by atoms with Gasteiger partial charge in [0.05, 0.1) is 57.2 Å². The van der Waals surface area contributed by atoms with Gasteiger partial charge in [0.15, 0.2) is 5.69 Å². The number of β-amino-alcohol motifs (C(OH)–C–C–N with tert-alkyl or cyclic N) is 1. The van der Waals surface area contributed by atoms with Crippen molar-refractivity contribution in [1.82, 2.24) is 44.9 Å². The highest BCUT2D eigenvalue weighted by atomic mass is 35.5. The van der Waals surface area contributed by atoms with Crippen molar-refractivity contribution in [2.45, 2.75) is 136 Å². The van der Waals surface area contributed by atoms with E-state index in [1.807, 2.05) is 82.8 Å². The number of anilines is 1. The van der Waals surface area contributed by atoms with E-state index in [1.54, 1.807) is 48.7 Å². The largest absolute Gasteiger partial charge is 0.480 e. The molecule has 0 unspecified atom stereocenters. The highest BCUT2D eigenvalue weighted by Gasteiger charge is 2.47. The number of thiazole rings is 1. The molecule has 5 atom stereocenters. The maximum absolute atomic E-state index is 14.6. The van der Waals surface area contributed by atoms with Gasteiger partial charge < -0.3 is 39.8 Å². The summed E-state index contributed by atoms with van der Waals surface area (Å²) in [5.74, 6) is -1.32. The number of methoxy groups -OCH3 is 1. The van der Waals surface area contributed by atoms with E-state index >= 15 is 0 Å². The summed E-state index contributed by atoms with van der Waals surface area (Å²) < 4.78 is 8.94. The number of unbranched alkanes of at least 4 members (excludes halogenated alkanes) is 5. The van der Waals surface area contributed by atoms with Crippen LogP contribution >= 0.6 is 34.5 Å². The molecule has 0 radical (unpaired) electrons. The molecule has 0 spiro atoms. The number of fused-ring (bicyclic) bond motifs is 1. The number of aromatic nitrogens is 5. The molecule has 18 nitrogen and oxygen atoms in total. The van der Waals surface area contributed by atoms with Crippen molar-refractivity contribution in [3.05, 3.63) is 133 Å². The molecule has 4 N–H and O–H groups in total. The van der Waals surface area contributed by atoms with E-state index < -0.39 is 47.0 Å². The third-order valence-corrected chi connectivity index (χ3v) is 16.1. The summed E-state index contributed by atoms with van der Waals surface area (Å²) in [4.78, 5) is 101. The van der Waals surface area contributed by atoms with Gasteiger partial charge in [-0.2, -0.15) is 0 Å². The highest BCUT2D eigenvalue weighted by Crippen LogP contribution is 2.45. The van der Waals surface area contributed by atoms with E-state index in [0.29, 0.717) is 47.1 Å². The fraction of sp³-hybridized carbons (Fsp3) is 0.441. The minimum atomic E-state index is -0.916. The third kappa shape index (κ3) is 13.0. The third-order valence-electron chi connectivity index (χ3n) is 14.7. The van der Waals surface area contributed by atoms with Gasteiger partial charge in [-0.3, -0.25) is 33.7 Å². The Morgan fingerprint density at radius 2 is 1.59 bits per heavy atom. The van der Waals surface area contributed by atoms with Gasteiger partial charge in [0, 0.05) is 56.4 Å². The minimum absolute atomic E-state index is 0.0111. The van der Waals surface area contributed by atoms with Crippen LogP contribution < -0.4 is 31.1 Å². The predicted molar refractivity (Wildman–Crippen MR) is 310 cm³/mol. The molecule has 0 aliphatic carbocycles. The molecule has 8 rings (SSSR count). The lowest BCUT2D eigenvalue weighted by Gasteiger charge is -2.35. The number of carbonyl (C=O) groups excluding carboxylic acids is 5. The number of pyridine rings is 2. The summed E-state index contributed by atoms with van der Waals surface area (Å²) in [6, 6.07) is 14.9. The molecule has 1 fully saturated rings. The van der Waals surface area contributed by atoms with E-state index in [-0.39, 0.29) is 77.0 Å². The molecule has 0 bridgehead atoms. The van der Waals surface area contributed by atoms with Crippen LogP contribution in [0.5, 0.6) is 5.88 Å². The van der Waals surface area contributed by atoms with Crippen LogP contribution in [-0.4, -0.2) is 102 Å². The summed E-state index contributed by atoms with van der Waals surface area (Å²) in [7, 11) is 3.04. The number of ether oxygens (including phenoxy) is 1. The van der Waals surface area contributed by atoms with Crippen LogP contribution in [0.1, 0.15) is 154 Å². The molecule has 80 heavy (non-hydrogen) atoms. The zero-order chi connectivity index (χ0) is 57.7. The van der Waals surface area contributed by atoms with E-state index in [4.69, 9.17) is 32.9 Å². The monoisotopic (exact) mass is 1150 g/mol. The standard InChI is InChI=1S/C59H70Cl2N10O8S/c1-33(2)70-49-47(57(77)71(45-27-41(61)30-68(8)56(45)76)48(49)37-21-23-40(60)24-22-37)67-52(70)43-26-39(29-63-55(43)79-9)53(74)62-25-15-13-11-10-12-14-16-46(73)66-51(59(5,6)7)58(78)69-31-42(72)28-44(69)54(75)65-34(3)36-17-19-38(20-18-36)50-35(4)64-32-80-50/h17-24,26-27,29-30,32-34,42,44,48,51,72H,10-16,25,28,31H2,1-9H3,(H,62,74)(H,65,75)(H,66,73)/t34-,42+,44-,48-,51+/m0/s1. The van der Waals surface area contributed by atoms with Gasteiger partial charge in [-0.05, 0) is 86.9 Å². The summed E-state index contributed by atoms with van der Waals surface area (Å²) in [6.45, 7) is 13.8. The lowest BCUT2D eigenvalue weighted by atomic mass is 9.85. The molecular weight excluding hydrogens is 1080 g/mol. The predicted octanol–water partition coefficient (Wildman–Crippen LogP) is 9.55. The first-order valence-corrected chi connectivity index (χ1v) is 28.7. The van der Waals surface area contributed by atoms with Gasteiger partial charge >= 0.3 is 0 Å². The van der Waals surface area contributed by atoms with Gasteiger partial charge in [0.2, 0.25) is 23.6 Å². The van der Waals surface area contributed by atoms with E-state index in [0.717, 1.165) is 47.4 Å². The summed E-state index contributed by atoms with van der Waals surface area (Å²) in [5, 5.41) is 20.5. The molecule has 2 aromatic carbocycles. The molecule has 6 heterocycles.